The van der Waals surface area contributed by atoms with E-state index in [1.807, 2.05) is 0 Å². The molecule has 3 aliphatic rings. The summed E-state index contributed by atoms with van der Waals surface area (Å²) in [6.07, 6.45) is 7.32. The van der Waals surface area contributed by atoms with Crippen LogP contribution in [0.1, 0.15) is 50.5 Å². The standard InChI is InChI=1S/C24H36N4O2/c29-23(16-22-24(30)25-12-15-28(22)21-8-4-5-9-21)26-17-19-10-13-27(14-11-19)18-20-6-2-1-3-7-20/h1-3,6-7,19,21-22H,4-5,8-18H2,(H,25,30)(H,26,29). The summed E-state index contributed by atoms with van der Waals surface area (Å²) in [5.41, 5.74) is 1.36. The van der Waals surface area contributed by atoms with Gasteiger partial charge in [-0.3, -0.25) is 19.4 Å². The lowest BCUT2D eigenvalue weighted by Gasteiger charge is -2.39. The number of carbonyl (C=O) groups is 2. The van der Waals surface area contributed by atoms with Gasteiger partial charge in [-0.05, 0) is 50.3 Å². The van der Waals surface area contributed by atoms with Crippen LogP contribution >= 0.6 is 0 Å². The van der Waals surface area contributed by atoms with Crippen molar-refractivity contribution in [3.8, 4) is 0 Å². The maximum atomic E-state index is 12.6. The number of nitrogens with one attached hydrogen (secondary N) is 2. The van der Waals surface area contributed by atoms with E-state index in [9.17, 15) is 9.59 Å². The molecule has 1 aromatic rings. The first-order chi connectivity index (χ1) is 14.7. The Bertz CT molecular complexity index is 696. The van der Waals surface area contributed by atoms with Gasteiger partial charge in [-0.2, -0.15) is 0 Å². The highest BCUT2D eigenvalue weighted by Crippen LogP contribution is 2.27. The summed E-state index contributed by atoms with van der Waals surface area (Å²) in [7, 11) is 0. The van der Waals surface area contributed by atoms with Crippen LogP contribution in [-0.2, 0) is 16.1 Å². The Balaban J connectivity index is 1.19. The van der Waals surface area contributed by atoms with Crippen molar-refractivity contribution < 1.29 is 9.59 Å². The van der Waals surface area contributed by atoms with Crippen LogP contribution in [0.4, 0.5) is 0 Å². The average molecular weight is 413 g/mol. The number of hydrogen-bond donors (Lipinski definition) is 2. The second-order valence-corrected chi connectivity index (χ2v) is 9.20. The Hall–Kier alpha value is -1.92. The van der Waals surface area contributed by atoms with Crippen LogP contribution in [-0.4, -0.2) is 66.4 Å². The molecular weight excluding hydrogens is 376 g/mol. The molecule has 3 fully saturated rings. The van der Waals surface area contributed by atoms with Crippen molar-refractivity contribution in [2.75, 3.05) is 32.7 Å². The van der Waals surface area contributed by atoms with Crippen LogP contribution in [0, 0.1) is 5.92 Å². The van der Waals surface area contributed by atoms with Crippen LogP contribution in [0.3, 0.4) is 0 Å². The summed E-state index contributed by atoms with van der Waals surface area (Å²) in [6.45, 7) is 5.47. The maximum absolute atomic E-state index is 12.6. The van der Waals surface area contributed by atoms with E-state index in [2.05, 4.69) is 50.8 Å². The first kappa shape index (κ1) is 21.3. The van der Waals surface area contributed by atoms with Gasteiger partial charge >= 0.3 is 0 Å². The van der Waals surface area contributed by atoms with Gasteiger partial charge in [-0.15, -0.1) is 0 Å². The normalized spacial score (nSPS) is 24.7. The Kier molecular flexibility index (Phi) is 7.39. The number of rotatable bonds is 7. The number of piperazine rings is 1. The van der Waals surface area contributed by atoms with E-state index >= 15 is 0 Å². The Morgan fingerprint density at radius 1 is 1.03 bits per heavy atom. The van der Waals surface area contributed by atoms with Crippen LogP contribution < -0.4 is 10.6 Å². The molecule has 1 atom stereocenters. The predicted molar refractivity (Wildman–Crippen MR) is 118 cm³/mol. The highest BCUT2D eigenvalue weighted by Gasteiger charge is 2.36. The quantitative estimate of drug-likeness (QED) is 0.720. The second-order valence-electron chi connectivity index (χ2n) is 9.20. The molecule has 2 heterocycles. The minimum absolute atomic E-state index is 0.0202. The van der Waals surface area contributed by atoms with Crippen molar-refractivity contribution >= 4 is 11.8 Å². The lowest BCUT2D eigenvalue weighted by molar-refractivity contribution is -0.135. The third-order valence-electron chi connectivity index (χ3n) is 7.09. The molecule has 2 saturated heterocycles. The fourth-order valence-electron chi connectivity index (χ4n) is 5.31. The van der Waals surface area contributed by atoms with Gasteiger partial charge in [-0.1, -0.05) is 43.2 Å². The summed E-state index contributed by atoms with van der Waals surface area (Å²) >= 11 is 0. The second kappa shape index (κ2) is 10.4. The number of carbonyl (C=O) groups excluding carboxylic acids is 2. The van der Waals surface area contributed by atoms with Crippen molar-refractivity contribution in [2.24, 2.45) is 5.92 Å². The Morgan fingerprint density at radius 2 is 1.77 bits per heavy atom. The molecule has 1 aliphatic carbocycles. The van der Waals surface area contributed by atoms with Gasteiger partial charge in [0, 0.05) is 32.2 Å². The van der Waals surface area contributed by atoms with Crippen LogP contribution in [0.5, 0.6) is 0 Å². The van der Waals surface area contributed by atoms with E-state index in [0.29, 0.717) is 18.5 Å². The molecule has 0 radical (unpaired) electrons. The van der Waals surface area contributed by atoms with Crippen molar-refractivity contribution in [1.82, 2.24) is 20.4 Å². The molecule has 1 aromatic carbocycles. The molecule has 2 N–H and O–H groups in total. The molecule has 2 aliphatic heterocycles. The van der Waals surface area contributed by atoms with E-state index in [4.69, 9.17) is 0 Å². The minimum Gasteiger partial charge on any atom is -0.356 e. The number of benzene rings is 1. The molecule has 164 valence electrons. The first-order valence-electron chi connectivity index (χ1n) is 11.8. The third-order valence-corrected chi connectivity index (χ3v) is 7.09. The number of amides is 2. The fourth-order valence-corrected chi connectivity index (χ4v) is 5.31. The van der Waals surface area contributed by atoms with Gasteiger partial charge in [-0.25, -0.2) is 0 Å². The molecule has 4 rings (SSSR count). The Labute approximate surface area is 180 Å². The molecule has 6 nitrogen and oxygen atoms in total. The maximum Gasteiger partial charge on any atom is 0.237 e. The van der Waals surface area contributed by atoms with E-state index in [0.717, 1.165) is 58.4 Å². The largest absolute Gasteiger partial charge is 0.356 e. The van der Waals surface area contributed by atoms with Crippen LogP contribution in [0.25, 0.3) is 0 Å². The van der Waals surface area contributed by atoms with Crippen molar-refractivity contribution in [3.05, 3.63) is 35.9 Å². The highest BCUT2D eigenvalue weighted by atomic mass is 16.2. The van der Waals surface area contributed by atoms with Crippen molar-refractivity contribution in [3.63, 3.8) is 0 Å². The molecule has 1 saturated carbocycles. The zero-order valence-electron chi connectivity index (χ0n) is 18.0. The van der Waals surface area contributed by atoms with E-state index in [1.54, 1.807) is 0 Å². The number of likely N-dealkylation sites (tertiary alicyclic amines) is 1. The first-order valence-corrected chi connectivity index (χ1v) is 11.8. The van der Waals surface area contributed by atoms with E-state index < -0.39 is 0 Å². The third kappa shape index (κ3) is 5.61. The van der Waals surface area contributed by atoms with Gasteiger partial charge in [0.05, 0.1) is 12.5 Å². The summed E-state index contributed by atoms with van der Waals surface area (Å²) in [4.78, 5) is 29.9. The van der Waals surface area contributed by atoms with Crippen molar-refractivity contribution in [1.29, 1.82) is 0 Å². The summed E-state index contributed by atoms with van der Waals surface area (Å²) in [5.74, 6) is 0.580. The zero-order valence-corrected chi connectivity index (χ0v) is 18.0. The molecule has 0 bridgehead atoms. The van der Waals surface area contributed by atoms with Gasteiger partial charge in [0.2, 0.25) is 11.8 Å². The number of nitrogens with zero attached hydrogens (tertiary/aromatic N) is 2. The van der Waals surface area contributed by atoms with Crippen LogP contribution in [0.15, 0.2) is 30.3 Å². The molecule has 0 spiro atoms. The Morgan fingerprint density at radius 3 is 2.50 bits per heavy atom. The fraction of sp³-hybridized carbons (Fsp3) is 0.667. The summed E-state index contributed by atoms with van der Waals surface area (Å²) in [5, 5.41) is 6.09. The molecule has 1 unspecified atom stereocenters. The molecule has 2 amide bonds. The van der Waals surface area contributed by atoms with Gasteiger partial charge in [0.1, 0.15) is 0 Å². The minimum atomic E-state index is -0.297. The van der Waals surface area contributed by atoms with E-state index in [1.165, 1.54) is 18.4 Å². The van der Waals surface area contributed by atoms with Gasteiger partial charge in [0.25, 0.3) is 0 Å². The van der Waals surface area contributed by atoms with Crippen molar-refractivity contribution in [2.45, 2.75) is 63.6 Å². The molecule has 30 heavy (non-hydrogen) atoms. The van der Waals surface area contributed by atoms with Crippen LogP contribution in [0.2, 0.25) is 0 Å². The SMILES string of the molecule is O=C(CC1C(=O)NCCN1C1CCCC1)NCC1CCN(Cc2ccccc2)CC1. The summed E-state index contributed by atoms with van der Waals surface area (Å²) in [6, 6.07) is 10.8. The average Bonchev–Trinajstić information content (AvgIpc) is 3.30. The van der Waals surface area contributed by atoms with Gasteiger partial charge in [0.15, 0.2) is 0 Å². The summed E-state index contributed by atoms with van der Waals surface area (Å²) < 4.78 is 0. The highest BCUT2D eigenvalue weighted by molar-refractivity contribution is 5.88. The van der Waals surface area contributed by atoms with E-state index in [-0.39, 0.29) is 24.3 Å². The number of hydrogen-bond acceptors (Lipinski definition) is 4. The lowest BCUT2D eigenvalue weighted by atomic mass is 9.96. The van der Waals surface area contributed by atoms with Gasteiger partial charge < -0.3 is 10.6 Å². The topological polar surface area (TPSA) is 64.7 Å². The monoisotopic (exact) mass is 412 g/mol. The predicted octanol–water partition coefficient (Wildman–Crippen LogP) is 2.15. The number of piperidine rings is 1. The molecule has 0 aromatic heterocycles. The smallest absolute Gasteiger partial charge is 0.237 e. The lowest BCUT2D eigenvalue weighted by Crippen LogP contribution is -2.59. The zero-order chi connectivity index (χ0) is 20.8. The molecule has 6 heteroatoms. The molecular formula is C24H36N4O2.